The Kier molecular flexibility index (Phi) is 4.04. The number of nitrogens with zero attached hydrogens (tertiary/aromatic N) is 1. The highest BCUT2D eigenvalue weighted by Gasteiger charge is 2.11. The Morgan fingerprint density at radius 3 is 3.00 bits per heavy atom. The largest absolute Gasteiger partial charge is 0.374 e. The Labute approximate surface area is 70.6 Å². The van der Waals surface area contributed by atoms with E-state index < -0.39 is 10.7 Å². The predicted octanol–water partition coefficient (Wildman–Crippen LogP) is -0.499. The minimum absolute atomic E-state index is 0.337. The normalized spacial score (nSPS) is 26.4. The second kappa shape index (κ2) is 4.85. The summed E-state index contributed by atoms with van der Waals surface area (Å²) < 4.78 is 9.97. The molecule has 0 amide bonds. The van der Waals surface area contributed by atoms with Crippen molar-refractivity contribution in [2.45, 2.75) is 6.10 Å². The lowest BCUT2D eigenvalue weighted by Gasteiger charge is -2.22. The van der Waals surface area contributed by atoms with Gasteiger partial charge in [0.05, 0.1) is 19.3 Å². The average molecular weight is 178 g/mol. The Morgan fingerprint density at radius 2 is 2.45 bits per heavy atom. The molecule has 1 N–H and O–H groups in total. The molecule has 4 heteroatoms. The molecule has 1 aliphatic rings. The van der Waals surface area contributed by atoms with Crippen LogP contribution in [0.3, 0.4) is 0 Å². The van der Waals surface area contributed by atoms with Gasteiger partial charge in [0.1, 0.15) is 0 Å². The summed E-state index contributed by atoms with van der Waals surface area (Å²) in [4.78, 5) is 0. The van der Waals surface area contributed by atoms with Gasteiger partial charge < -0.3 is 10.1 Å². The summed E-state index contributed by atoms with van der Waals surface area (Å²) in [5.74, 6) is 0. The standard InChI is InChI=1S/C7H18N2OS/c1-11(2)9-6-7-5-8-3-4-10-7/h7-8H,3-6,11H2,1-2H3/t7-/m0/s1. The molecule has 1 rings (SSSR count). The first-order valence-electron chi connectivity index (χ1n) is 4.09. The van der Waals surface area contributed by atoms with E-state index in [1.54, 1.807) is 0 Å². The van der Waals surface area contributed by atoms with E-state index in [0.29, 0.717) is 6.10 Å². The molecule has 0 aromatic heterocycles. The summed E-state index contributed by atoms with van der Waals surface area (Å²) in [6.45, 7) is 3.69. The second-order valence-corrected chi connectivity index (χ2v) is 5.20. The first-order chi connectivity index (χ1) is 5.29. The highest BCUT2D eigenvalue weighted by atomic mass is 32.2. The fraction of sp³-hybridized carbons (Fsp3) is 1.00. The van der Waals surface area contributed by atoms with Crippen LogP contribution in [0.25, 0.3) is 0 Å². The number of rotatable bonds is 2. The van der Waals surface area contributed by atoms with Gasteiger partial charge in [-0.3, -0.25) is 4.36 Å². The lowest BCUT2D eigenvalue weighted by molar-refractivity contribution is 0.0352. The van der Waals surface area contributed by atoms with Crippen LogP contribution in [0.4, 0.5) is 0 Å². The molecular formula is C7H18N2OS. The molecule has 0 aliphatic carbocycles. The Hall–Kier alpha value is 0.0700. The van der Waals surface area contributed by atoms with Crippen LogP contribution in [-0.2, 0) is 15.4 Å². The van der Waals surface area contributed by atoms with Crippen molar-refractivity contribution in [3.8, 4) is 0 Å². The number of nitrogens with one attached hydrogen (secondary N) is 1. The predicted molar refractivity (Wildman–Crippen MR) is 51.9 cm³/mol. The van der Waals surface area contributed by atoms with Gasteiger partial charge in [-0.25, -0.2) is 10.7 Å². The van der Waals surface area contributed by atoms with Crippen molar-refractivity contribution < 1.29 is 4.74 Å². The molecule has 0 unspecified atom stereocenters. The minimum Gasteiger partial charge on any atom is -0.374 e. The van der Waals surface area contributed by atoms with Gasteiger partial charge in [-0.1, -0.05) is 0 Å². The smallest absolute Gasteiger partial charge is 0.0900 e. The van der Waals surface area contributed by atoms with Gasteiger partial charge in [-0.05, 0) is 12.5 Å². The zero-order valence-electron chi connectivity index (χ0n) is 7.26. The van der Waals surface area contributed by atoms with Crippen LogP contribution in [0.1, 0.15) is 0 Å². The van der Waals surface area contributed by atoms with Crippen LogP contribution >= 0.6 is 0 Å². The SMILES string of the molecule is C[SH2](C)=NC[C@@H]1CNCCO1. The number of morpholine rings is 1. The summed E-state index contributed by atoms with van der Waals surface area (Å²) in [5, 5.41) is 3.28. The molecule has 1 heterocycles. The van der Waals surface area contributed by atoms with E-state index in [1.165, 1.54) is 0 Å². The second-order valence-electron chi connectivity index (χ2n) is 2.98. The summed E-state index contributed by atoms with van der Waals surface area (Å²) in [6.07, 6.45) is 4.73. The molecule has 0 radical (unpaired) electrons. The van der Waals surface area contributed by atoms with Crippen molar-refractivity contribution in [3.63, 3.8) is 0 Å². The van der Waals surface area contributed by atoms with E-state index >= 15 is 0 Å². The molecule has 68 valence electrons. The van der Waals surface area contributed by atoms with Crippen molar-refractivity contribution in [2.75, 3.05) is 38.8 Å². The van der Waals surface area contributed by atoms with Gasteiger partial charge in [0, 0.05) is 13.1 Å². The maximum atomic E-state index is 5.49. The fourth-order valence-electron chi connectivity index (χ4n) is 1.02. The van der Waals surface area contributed by atoms with E-state index in [9.17, 15) is 0 Å². The Morgan fingerprint density at radius 1 is 1.64 bits per heavy atom. The molecule has 1 saturated heterocycles. The molecule has 0 saturated carbocycles. The molecule has 1 atom stereocenters. The van der Waals surface area contributed by atoms with Gasteiger partial charge in [-0.15, -0.1) is 0 Å². The fourth-order valence-corrected chi connectivity index (χ4v) is 1.59. The van der Waals surface area contributed by atoms with Crippen molar-refractivity contribution >= 4 is 10.7 Å². The van der Waals surface area contributed by atoms with Gasteiger partial charge in [0.2, 0.25) is 0 Å². The van der Waals surface area contributed by atoms with Gasteiger partial charge in [0.15, 0.2) is 0 Å². The lowest BCUT2D eigenvalue weighted by atomic mass is 10.3. The van der Waals surface area contributed by atoms with E-state index in [1.807, 2.05) is 0 Å². The summed E-state index contributed by atoms with van der Waals surface area (Å²) in [6, 6.07) is 0. The quantitative estimate of drug-likeness (QED) is 0.618. The molecule has 1 aliphatic heterocycles. The number of hydrogen-bond acceptors (Lipinski definition) is 3. The monoisotopic (exact) mass is 178 g/mol. The first kappa shape index (κ1) is 9.16. The molecular weight excluding hydrogens is 160 g/mol. The maximum absolute atomic E-state index is 5.49. The highest BCUT2D eigenvalue weighted by molar-refractivity contribution is 7.85. The Balaban J connectivity index is 2.19. The third-order valence-electron chi connectivity index (χ3n) is 1.62. The van der Waals surface area contributed by atoms with Gasteiger partial charge in [-0.2, -0.15) is 0 Å². The van der Waals surface area contributed by atoms with Crippen LogP contribution in [0.15, 0.2) is 4.36 Å². The van der Waals surface area contributed by atoms with Crippen LogP contribution in [0, 0.1) is 0 Å². The molecule has 11 heavy (non-hydrogen) atoms. The minimum atomic E-state index is -0.416. The van der Waals surface area contributed by atoms with Crippen LogP contribution in [0.2, 0.25) is 0 Å². The van der Waals surface area contributed by atoms with Crippen LogP contribution in [-0.4, -0.2) is 44.9 Å². The van der Waals surface area contributed by atoms with E-state index in [-0.39, 0.29) is 0 Å². The summed E-state index contributed by atoms with van der Waals surface area (Å²) in [7, 11) is -0.416. The molecule has 0 aromatic rings. The highest BCUT2D eigenvalue weighted by Crippen LogP contribution is 1.96. The molecule has 3 nitrogen and oxygen atoms in total. The van der Waals surface area contributed by atoms with Crippen LogP contribution in [0.5, 0.6) is 0 Å². The topological polar surface area (TPSA) is 33.6 Å². The van der Waals surface area contributed by atoms with Gasteiger partial charge >= 0.3 is 0 Å². The van der Waals surface area contributed by atoms with Gasteiger partial charge in [0.25, 0.3) is 0 Å². The van der Waals surface area contributed by atoms with E-state index in [4.69, 9.17) is 4.74 Å². The first-order valence-corrected chi connectivity index (χ1v) is 6.54. The third-order valence-corrected chi connectivity index (χ3v) is 2.43. The Bertz CT molecular complexity index is 139. The van der Waals surface area contributed by atoms with E-state index in [0.717, 1.165) is 26.2 Å². The molecule has 0 bridgehead atoms. The average Bonchev–Trinajstić information content (AvgIpc) is 2.03. The third kappa shape index (κ3) is 3.84. The van der Waals surface area contributed by atoms with Crippen LogP contribution < -0.4 is 5.32 Å². The molecule has 0 spiro atoms. The molecule has 0 aromatic carbocycles. The summed E-state index contributed by atoms with van der Waals surface area (Å²) in [5.41, 5.74) is 0. The van der Waals surface area contributed by atoms with Crippen molar-refractivity contribution in [3.05, 3.63) is 0 Å². The van der Waals surface area contributed by atoms with E-state index in [2.05, 4.69) is 22.2 Å². The number of hydrogen-bond donors (Lipinski definition) is 1. The number of ether oxygens (including phenoxy) is 1. The zero-order chi connectivity index (χ0) is 8.10. The lowest BCUT2D eigenvalue weighted by Crippen LogP contribution is -2.40. The van der Waals surface area contributed by atoms with Crippen molar-refractivity contribution in [1.82, 2.24) is 5.32 Å². The summed E-state index contributed by atoms with van der Waals surface area (Å²) >= 11 is 0. The molecule has 1 fully saturated rings. The van der Waals surface area contributed by atoms with Crippen molar-refractivity contribution in [1.29, 1.82) is 0 Å². The zero-order valence-corrected chi connectivity index (χ0v) is 8.26. The van der Waals surface area contributed by atoms with Crippen molar-refractivity contribution in [2.24, 2.45) is 4.36 Å². The maximum Gasteiger partial charge on any atom is 0.0900 e.